The summed E-state index contributed by atoms with van der Waals surface area (Å²) in [7, 11) is 0. The zero-order valence-electron chi connectivity index (χ0n) is 12.2. The highest BCUT2D eigenvalue weighted by Crippen LogP contribution is 2.24. The van der Waals surface area contributed by atoms with Crippen LogP contribution in [0, 0.1) is 0 Å². The number of carbonyl (C=O) groups excluding carboxylic acids is 1. The number of rotatable bonds is 5. The summed E-state index contributed by atoms with van der Waals surface area (Å²) in [6, 6.07) is 9.88. The molecule has 1 amide bonds. The van der Waals surface area contributed by atoms with Crippen molar-refractivity contribution in [2.45, 2.75) is 13.3 Å². The van der Waals surface area contributed by atoms with Gasteiger partial charge >= 0.3 is 0 Å². The molecular weight excluding hydrogens is 296 g/mol. The Balaban J connectivity index is 1.80. The lowest BCUT2D eigenvalue weighted by Crippen LogP contribution is -2.24. The third kappa shape index (κ3) is 3.07. The number of para-hydroxylation sites is 1. The van der Waals surface area contributed by atoms with E-state index in [1.165, 1.54) is 11.3 Å². The van der Waals surface area contributed by atoms with Crippen molar-refractivity contribution in [3.05, 3.63) is 53.8 Å². The van der Waals surface area contributed by atoms with Gasteiger partial charge in [-0.15, -0.1) is 11.3 Å². The third-order valence-electron chi connectivity index (χ3n) is 3.12. The molecule has 0 fully saturated rings. The summed E-state index contributed by atoms with van der Waals surface area (Å²) in [4.78, 5) is 16.3. The molecule has 0 aliphatic carbocycles. The minimum atomic E-state index is -0.125. The Labute approximate surface area is 132 Å². The first-order chi connectivity index (χ1) is 10.8. The van der Waals surface area contributed by atoms with Crippen LogP contribution in [0.2, 0.25) is 0 Å². The summed E-state index contributed by atoms with van der Waals surface area (Å²) in [5, 5.41) is 9.75. The number of nitrogens with zero attached hydrogens (tertiary/aromatic N) is 3. The van der Waals surface area contributed by atoms with E-state index in [-0.39, 0.29) is 5.91 Å². The number of thiazole rings is 1. The fourth-order valence-electron chi connectivity index (χ4n) is 1.99. The molecule has 2 aromatic heterocycles. The van der Waals surface area contributed by atoms with Gasteiger partial charge in [-0.1, -0.05) is 25.1 Å². The van der Waals surface area contributed by atoms with Gasteiger partial charge in [-0.05, 0) is 18.6 Å². The summed E-state index contributed by atoms with van der Waals surface area (Å²) in [6.45, 7) is 2.68. The molecule has 112 valence electrons. The molecule has 0 aliphatic heterocycles. The van der Waals surface area contributed by atoms with Gasteiger partial charge in [0.2, 0.25) is 0 Å². The molecule has 0 unspecified atom stereocenters. The van der Waals surface area contributed by atoms with Gasteiger partial charge in [0.1, 0.15) is 10.7 Å². The molecule has 6 heteroatoms. The molecule has 22 heavy (non-hydrogen) atoms. The van der Waals surface area contributed by atoms with Crippen LogP contribution in [-0.4, -0.2) is 27.2 Å². The van der Waals surface area contributed by atoms with Gasteiger partial charge in [0, 0.05) is 23.7 Å². The van der Waals surface area contributed by atoms with Crippen LogP contribution in [0.15, 0.2) is 48.1 Å². The van der Waals surface area contributed by atoms with E-state index in [9.17, 15) is 4.79 Å². The lowest BCUT2D eigenvalue weighted by atomic mass is 10.3. The van der Waals surface area contributed by atoms with Gasteiger partial charge in [0.15, 0.2) is 0 Å². The van der Waals surface area contributed by atoms with Gasteiger partial charge in [0.25, 0.3) is 5.91 Å². The van der Waals surface area contributed by atoms with E-state index in [0.717, 1.165) is 22.7 Å². The van der Waals surface area contributed by atoms with Crippen LogP contribution in [0.1, 0.15) is 23.8 Å². The third-order valence-corrected chi connectivity index (χ3v) is 4.01. The number of hydrogen-bond acceptors (Lipinski definition) is 4. The Hall–Kier alpha value is -2.47. The maximum absolute atomic E-state index is 11.9. The molecule has 5 nitrogen and oxygen atoms in total. The summed E-state index contributed by atoms with van der Waals surface area (Å²) in [6.07, 6.45) is 4.59. The number of benzene rings is 1. The van der Waals surface area contributed by atoms with E-state index in [1.54, 1.807) is 16.3 Å². The monoisotopic (exact) mass is 312 g/mol. The quantitative estimate of drug-likeness (QED) is 0.787. The molecule has 0 spiro atoms. The van der Waals surface area contributed by atoms with Crippen LogP contribution in [0.25, 0.3) is 16.3 Å². The maximum atomic E-state index is 11.9. The zero-order chi connectivity index (χ0) is 15.4. The van der Waals surface area contributed by atoms with E-state index in [1.807, 2.05) is 43.5 Å². The average Bonchev–Trinajstić information content (AvgIpc) is 3.22. The molecule has 0 atom stereocenters. The largest absolute Gasteiger partial charge is 0.351 e. The van der Waals surface area contributed by atoms with Crippen LogP contribution in [0.5, 0.6) is 0 Å². The number of carbonyl (C=O) groups is 1. The standard InChI is InChI=1S/C16H16N4OS/c1-2-8-17-15(21)14-11-22-16(19-14)12-9-18-20(10-12)13-6-4-3-5-7-13/h3-7,9-11H,2,8H2,1H3,(H,17,21). The highest BCUT2D eigenvalue weighted by molar-refractivity contribution is 7.13. The van der Waals surface area contributed by atoms with Crippen LogP contribution >= 0.6 is 11.3 Å². The van der Waals surface area contributed by atoms with Crippen molar-refractivity contribution >= 4 is 17.2 Å². The van der Waals surface area contributed by atoms with Crippen LogP contribution in [0.4, 0.5) is 0 Å². The smallest absolute Gasteiger partial charge is 0.270 e. The average molecular weight is 312 g/mol. The van der Waals surface area contributed by atoms with E-state index in [0.29, 0.717) is 12.2 Å². The van der Waals surface area contributed by atoms with Gasteiger partial charge < -0.3 is 5.32 Å². The molecule has 0 bridgehead atoms. The Bertz CT molecular complexity index is 763. The van der Waals surface area contributed by atoms with Crippen molar-refractivity contribution in [2.24, 2.45) is 0 Å². The molecular formula is C16H16N4OS. The predicted octanol–water partition coefficient (Wildman–Crippen LogP) is 3.14. The number of nitrogens with one attached hydrogen (secondary N) is 1. The summed E-state index contributed by atoms with van der Waals surface area (Å²) < 4.78 is 1.80. The van der Waals surface area contributed by atoms with E-state index < -0.39 is 0 Å². The lowest BCUT2D eigenvalue weighted by molar-refractivity contribution is 0.0949. The minimum Gasteiger partial charge on any atom is -0.351 e. The Morgan fingerprint density at radius 3 is 2.91 bits per heavy atom. The summed E-state index contributed by atoms with van der Waals surface area (Å²) >= 11 is 1.45. The zero-order valence-corrected chi connectivity index (χ0v) is 13.0. The highest BCUT2D eigenvalue weighted by atomic mass is 32.1. The van der Waals surface area contributed by atoms with Crippen LogP contribution in [0.3, 0.4) is 0 Å². The first-order valence-corrected chi connectivity index (χ1v) is 8.00. The Morgan fingerprint density at radius 1 is 1.32 bits per heavy atom. The molecule has 0 radical (unpaired) electrons. The second-order valence-corrected chi connectivity index (χ2v) is 5.66. The molecule has 3 rings (SSSR count). The van der Waals surface area contributed by atoms with Gasteiger partial charge in [-0.3, -0.25) is 4.79 Å². The number of aromatic nitrogens is 3. The fraction of sp³-hybridized carbons (Fsp3) is 0.188. The summed E-state index contributed by atoms with van der Waals surface area (Å²) in [5.41, 5.74) is 2.36. The number of amides is 1. The van der Waals surface area contributed by atoms with Gasteiger partial charge in [-0.25, -0.2) is 9.67 Å². The SMILES string of the molecule is CCCNC(=O)c1csc(-c2cnn(-c3ccccc3)c2)n1. The topological polar surface area (TPSA) is 59.8 Å². The Kier molecular flexibility index (Phi) is 4.29. The second kappa shape index (κ2) is 6.53. The molecule has 0 aliphatic rings. The van der Waals surface area contributed by atoms with Crippen LogP contribution < -0.4 is 5.32 Å². The second-order valence-electron chi connectivity index (χ2n) is 4.80. The number of hydrogen-bond donors (Lipinski definition) is 1. The van der Waals surface area contributed by atoms with Crippen molar-refractivity contribution in [1.82, 2.24) is 20.1 Å². The Morgan fingerprint density at radius 2 is 2.14 bits per heavy atom. The van der Waals surface area contributed by atoms with E-state index in [2.05, 4.69) is 15.4 Å². The molecule has 0 saturated heterocycles. The first kappa shape index (κ1) is 14.5. The van der Waals surface area contributed by atoms with Crippen molar-refractivity contribution in [1.29, 1.82) is 0 Å². The molecule has 0 saturated carbocycles. The minimum absolute atomic E-state index is 0.125. The van der Waals surface area contributed by atoms with Crippen molar-refractivity contribution in [3.63, 3.8) is 0 Å². The molecule has 1 aromatic carbocycles. The molecule has 1 N–H and O–H groups in total. The van der Waals surface area contributed by atoms with Gasteiger partial charge in [-0.2, -0.15) is 5.10 Å². The molecule has 2 heterocycles. The van der Waals surface area contributed by atoms with Crippen molar-refractivity contribution in [3.8, 4) is 16.3 Å². The fourth-order valence-corrected chi connectivity index (χ4v) is 2.77. The first-order valence-electron chi connectivity index (χ1n) is 7.12. The van der Waals surface area contributed by atoms with E-state index in [4.69, 9.17) is 0 Å². The van der Waals surface area contributed by atoms with Crippen molar-refractivity contribution in [2.75, 3.05) is 6.54 Å². The normalized spacial score (nSPS) is 10.6. The van der Waals surface area contributed by atoms with Crippen molar-refractivity contribution < 1.29 is 4.79 Å². The molecule has 3 aromatic rings. The highest BCUT2D eigenvalue weighted by Gasteiger charge is 2.12. The van der Waals surface area contributed by atoms with Gasteiger partial charge in [0.05, 0.1) is 11.9 Å². The lowest BCUT2D eigenvalue weighted by Gasteiger charge is -1.99. The maximum Gasteiger partial charge on any atom is 0.270 e. The van der Waals surface area contributed by atoms with Crippen LogP contribution in [-0.2, 0) is 0 Å². The van der Waals surface area contributed by atoms with E-state index >= 15 is 0 Å². The summed E-state index contributed by atoms with van der Waals surface area (Å²) in [5.74, 6) is -0.125. The predicted molar refractivity (Wildman–Crippen MR) is 87.3 cm³/mol.